The van der Waals surface area contributed by atoms with Crippen molar-refractivity contribution in [3.63, 3.8) is 0 Å². The summed E-state index contributed by atoms with van der Waals surface area (Å²) in [5.41, 5.74) is 0. The molecule has 0 saturated heterocycles. The Labute approximate surface area is 52.2 Å². The average molecular weight is 150 g/mol. The van der Waals surface area contributed by atoms with Gasteiger partial charge in [0.2, 0.25) is 0 Å². The third-order valence-corrected chi connectivity index (χ3v) is 1.69. The van der Waals surface area contributed by atoms with Crippen molar-refractivity contribution in [1.29, 1.82) is 0 Å². The molecular formula is C4H8O2P2. The zero-order valence-electron chi connectivity index (χ0n) is 4.37. The largest absolute Gasteiger partial charge is 0.481 e. The van der Waals surface area contributed by atoms with E-state index in [2.05, 4.69) is 8.93 Å². The van der Waals surface area contributed by atoms with Gasteiger partial charge in [-0.2, -0.15) is 0 Å². The monoisotopic (exact) mass is 150 g/mol. The van der Waals surface area contributed by atoms with Gasteiger partial charge in [-0.25, -0.2) is 0 Å². The van der Waals surface area contributed by atoms with Crippen LogP contribution in [0.15, 0.2) is 0 Å². The molecule has 0 aliphatic heterocycles. The normalized spacial score (nSPS) is 10.1. The van der Waals surface area contributed by atoms with Gasteiger partial charge >= 0.3 is 5.97 Å². The Kier molecular flexibility index (Phi) is 5.26. The van der Waals surface area contributed by atoms with Crippen LogP contribution in [-0.2, 0) is 4.79 Å². The Morgan fingerprint density at radius 3 is 2.88 bits per heavy atom. The van der Waals surface area contributed by atoms with Crippen LogP contribution in [0.5, 0.6) is 0 Å². The van der Waals surface area contributed by atoms with Crippen molar-refractivity contribution < 1.29 is 9.90 Å². The molecule has 0 amide bonds. The van der Waals surface area contributed by atoms with Crippen LogP contribution in [0.2, 0.25) is 0 Å². The van der Waals surface area contributed by atoms with Crippen LogP contribution in [0.3, 0.4) is 0 Å². The second-order valence-electron chi connectivity index (χ2n) is 1.26. The van der Waals surface area contributed by atoms with E-state index in [1.807, 2.05) is 5.80 Å². The summed E-state index contributed by atoms with van der Waals surface area (Å²) < 4.78 is 0. The molecular weight excluding hydrogens is 142 g/mol. The zero-order valence-corrected chi connectivity index (χ0v) is 6.42. The van der Waals surface area contributed by atoms with Crippen molar-refractivity contribution in [3.8, 4) is 0 Å². The Morgan fingerprint density at radius 2 is 2.50 bits per heavy atom. The van der Waals surface area contributed by atoms with Crippen LogP contribution >= 0.6 is 16.8 Å². The molecule has 0 bridgehead atoms. The highest BCUT2D eigenvalue weighted by Crippen LogP contribution is 2.05. The van der Waals surface area contributed by atoms with Gasteiger partial charge in [0.25, 0.3) is 0 Å². The summed E-state index contributed by atoms with van der Waals surface area (Å²) in [6.07, 6.45) is 0.918. The van der Waals surface area contributed by atoms with E-state index >= 15 is 0 Å². The van der Waals surface area contributed by atoms with Crippen molar-refractivity contribution in [2.45, 2.75) is 12.8 Å². The van der Waals surface area contributed by atoms with Gasteiger partial charge in [0.05, 0.1) is 0 Å². The molecule has 0 aromatic carbocycles. The molecule has 0 aliphatic carbocycles. The summed E-state index contributed by atoms with van der Waals surface area (Å²) in [6.45, 7) is 0. The molecule has 0 heterocycles. The van der Waals surface area contributed by atoms with Crippen LogP contribution in [-0.4, -0.2) is 16.9 Å². The van der Waals surface area contributed by atoms with E-state index in [0.29, 0.717) is 6.42 Å². The molecule has 0 rings (SSSR count). The molecule has 0 aliphatic rings. The fraction of sp³-hybridized carbons (Fsp3) is 0.500. The number of hydrogen-bond acceptors (Lipinski definition) is 1. The summed E-state index contributed by atoms with van der Waals surface area (Å²) >= 11 is 0. The lowest BCUT2D eigenvalue weighted by Gasteiger charge is -1.83. The van der Waals surface area contributed by atoms with E-state index in [0.717, 1.165) is 7.89 Å². The Bertz CT molecular complexity index is 100. The number of carboxylic acids is 1. The molecule has 0 aromatic rings. The number of carbonyl (C=O) groups is 1. The third kappa shape index (κ3) is 6.07. The molecule has 1 N–H and O–H groups in total. The highest BCUT2D eigenvalue weighted by Gasteiger charge is 1.90. The maximum Gasteiger partial charge on any atom is 0.303 e. The molecule has 0 saturated carbocycles. The predicted octanol–water partition coefficient (Wildman–Crippen LogP) is 1.39. The Hall–Kier alpha value is 0.0700. The second kappa shape index (κ2) is 5.21. The standard InChI is InChI=1S/C4H8O2P2/c5-4(6)2-1-3-8-7/h3H,1-2,7H2,(H,5,6). The van der Waals surface area contributed by atoms with Crippen LogP contribution < -0.4 is 0 Å². The van der Waals surface area contributed by atoms with E-state index in [-0.39, 0.29) is 6.42 Å². The highest BCUT2D eigenvalue weighted by molar-refractivity contribution is 8.01. The van der Waals surface area contributed by atoms with E-state index in [9.17, 15) is 4.79 Å². The molecule has 0 spiro atoms. The van der Waals surface area contributed by atoms with Crippen LogP contribution in [0, 0.1) is 0 Å². The zero-order chi connectivity index (χ0) is 6.41. The summed E-state index contributed by atoms with van der Waals surface area (Å²) in [5, 5.41) is 8.11. The minimum atomic E-state index is -0.727. The number of hydrogen-bond donors (Lipinski definition) is 1. The van der Waals surface area contributed by atoms with Gasteiger partial charge in [0.1, 0.15) is 0 Å². The van der Waals surface area contributed by atoms with E-state index in [1.54, 1.807) is 0 Å². The number of carboxylic acid groups (broad SMARTS) is 1. The topological polar surface area (TPSA) is 37.3 Å². The van der Waals surface area contributed by atoms with Crippen molar-refractivity contribution >= 4 is 28.6 Å². The molecule has 4 heteroatoms. The molecule has 0 aromatic heterocycles. The fourth-order valence-corrected chi connectivity index (χ4v) is 0.988. The van der Waals surface area contributed by atoms with Gasteiger partial charge in [-0.05, 0) is 6.42 Å². The van der Waals surface area contributed by atoms with E-state index in [4.69, 9.17) is 5.11 Å². The summed E-state index contributed by atoms with van der Waals surface area (Å²) in [5.74, 6) is 1.17. The van der Waals surface area contributed by atoms with Gasteiger partial charge in [-0.15, -0.1) is 0 Å². The maximum absolute atomic E-state index is 9.84. The van der Waals surface area contributed by atoms with Crippen molar-refractivity contribution in [2.75, 3.05) is 0 Å². The molecule has 2 nitrogen and oxygen atoms in total. The molecule has 0 fully saturated rings. The SMILES string of the molecule is O=C(O)CCC=PP. The lowest BCUT2D eigenvalue weighted by Crippen LogP contribution is -1.92. The Morgan fingerprint density at radius 1 is 1.88 bits per heavy atom. The van der Waals surface area contributed by atoms with E-state index < -0.39 is 5.97 Å². The van der Waals surface area contributed by atoms with Gasteiger partial charge in [0.15, 0.2) is 0 Å². The van der Waals surface area contributed by atoms with Crippen molar-refractivity contribution in [1.82, 2.24) is 0 Å². The fourth-order valence-electron chi connectivity index (χ4n) is 0.263. The molecule has 0 radical (unpaired) electrons. The lowest BCUT2D eigenvalue weighted by atomic mass is 10.3. The smallest absolute Gasteiger partial charge is 0.303 e. The minimum absolute atomic E-state index is 0.251. The lowest BCUT2D eigenvalue weighted by molar-refractivity contribution is -0.136. The quantitative estimate of drug-likeness (QED) is 0.617. The highest BCUT2D eigenvalue weighted by atomic mass is 32.0. The molecule has 1 unspecified atom stereocenters. The van der Waals surface area contributed by atoms with Gasteiger partial charge in [-0.3, -0.25) is 4.79 Å². The molecule has 8 heavy (non-hydrogen) atoms. The van der Waals surface area contributed by atoms with Gasteiger partial charge in [0, 0.05) is 6.42 Å². The van der Waals surface area contributed by atoms with E-state index in [1.165, 1.54) is 0 Å². The van der Waals surface area contributed by atoms with Gasteiger partial charge < -0.3 is 5.11 Å². The summed E-state index contributed by atoms with van der Waals surface area (Å²) in [4.78, 5) is 9.84. The van der Waals surface area contributed by atoms with Crippen molar-refractivity contribution in [3.05, 3.63) is 0 Å². The Balaban J connectivity index is 3.05. The first-order chi connectivity index (χ1) is 3.77. The summed E-state index contributed by atoms with van der Waals surface area (Å²) in [6, 6.07) is 0. The molecule has 46 valence electrons. The van der Waals surface area contributed by atoms with Crippen LogP contribution in [0.4, 0.5) is 0 Å². The third-order valence-electron chi connectivity index (χ3n) is 0.593. The molecule has 1 atom stereocenters. The van der Waals surface area contributed by atoms with Crippen LogP contribution in [0.25, 0.3) is 0 Å². The summed E-state index contributed by atoms with van der Waals surface area (Å²) in [7, 11) is 3.56. The van der Waals surface area contributed by atoms with Crippen LogP contribution in [0.1, 0.15) is 12.8 Å². The second-order valence-corrected chi connectivity index (χ2v) is 2.82. The first-order valence-electron chi connectivity index (χ1n) is 2.21. The first-order valence-corrected chi connectivity index (χ1v) is 4.79. The average Bonchev–Trinajstić information content (AvgIpc) is 1.66. The maximum atomic E-state index is 9.84. The number of aliphatic carboxylic acids is 1. The van der Waals surface area contributed by atoms with Crippen molar-refractivity contribution in [2.24, 2.45) is 0 Å². The number of rotatable bonds is 3. The minimum Gasteiger partial charge on any atom is -0.481 e. The predicted molar refractivity (Wildman–Crippen MR) is 39.6 cm³/mol. The first kappa shape index (κ1) is 8.07. The van der Waals surface area contributed by atoms with Gasteiger partial charge in [-0.1, -0.05) is 22.6 Å².